The van der Waals surface area contributed by atoms with E-state index in [1.807, 2.05) is 51.2 Å². The smallest absolute Gasteiger partial charge is 0.303 e. The first kappa shape index (κ1) is 45.0. The number of aliphatic carboxylic acids is 1. The summed E-state index contributed by atoms with van der Waals surface area (Å²) in [5.74, 6) is -3.69. The molecule has 12 N–H and O–H groups in total. The zero-order valence-electron chi connectivity index (χ0n) is 31.5. The van der Waals surface area contributed by atoms with Crippen LogP contribution in [-0.2, 0) is 35.2 Å². The van der Waals surface area contributed by atoms with Crippen LogP contribution in [0.25, 0.3) is 10.9 Å². The van der Waals surface area contributed by atoms with Crippen LogP contribution in [0, 0.1) is 11.8 Å². The predicted molar refractivity (Wildman–Crippen MR) is 208 cm³/mol. The molecule has 0 bridgehead atoms. The summed E-state index contributed by atoms with van der Waals surface area (Å²) in [6, 6.07) is 2.96. The number of hydrogen-bond acceptors (Lipinski definition) is 9. The highest BCUT2D eigenvalue weighted by Gasteiger charge is 2.35. The molecule has 1 aromatic carbocycles. The SMILES string of the molecule is CC[C@H](C)[C@H](NC(=O)[C@@H](NC(=O)[C@@H](N)Cc1c[nH]c2ccccc12)[C@@H](C)CC)C(=O)N[C@@H](CC(N)=O)C(=O)N[C@H](CCCCN)CSCCCC(=O)O. The molecule has 7 atom stereocenters. The van der Waals surface area contributed by atoms with E-state index in [1.165, 1.54) is 11.8 Å². The lowest BCUT2D eigenvalue weighted by Gasteiger charge is -2.30. The Morgan fingerprint density at radius 3 is 2.08 bits per heavy atom. The van der Waals surface area contributed by atoms with Crippen LogP contribution in [0.4, 0.5) is 0 Å². The van der Waals surface area contributed by atoms with Crippen molar-refractivity contribution in [3.05, 3.63) is 36.0 Å². The zero-order chi connectivity index (χ0) is 39.5. The van der Waals surface area contributed by atoms with E-state index in [2.05, 4.69) is 26.3 Å². The van der Waals surface area contributed by atoms with Gasteiger partial charge in [-0.25, -0.2) is 0 Å². The van der Waals surface area contributed by atoms with Crippen molar-refractivity contribution in [2.75, 3.05) is 18.1 Å². The van der Waals surface area contributed by atoms with Gasteiger partial charge in [-0.15, -0.1) is 0 Å². The van der Waals surface area contributed by atoms with Gasteiger partial charge in [0.1, 0.15) is 18.1 Å². The van der Waals surface area contributed by atoms with E-state index >= 15 is 0 Å². The van der Waals surface area contributed by atoms with Crippen molar-refractivity contribution >= 4 is 58.2 Å². The van der Waals surface area contributed by atoms with Crippen LogP contribution in [0.2, 0.25) is 0 Å². The monoisotopic (exact) mass is 760 g/mol. The number of nitrogens with two attached hydrogens (primary N) is 3. The third-order valence-corrected chi connectivity index (χ3v) is 10.6. The highest BCUT2D eigenvalue weighted by atomic mass is 32.2. The Bertz CT molecular complexity index is 1500. The van der Waals surface area contributed by atoms with E-state index in [0.29, 0.717) is 43.7 Å². The third kappa shape index (κ3) is 15.4. The van der Waals surface area contributed by atoms with Crippen LogP contribution in [-0.4, -0.2) is 93.9 Å². The van der Waals surface area contributed by atoms with Crippen LogP contribution in [0.1, 0.15) is 84.6 Å². The molecule has 2 rings (SSSR count). The van der Waals surface area contributed by atoms with Crippen molar-refractivity contribution in [1.29, 1.82) is 0 Å². The van der Waals surface area contributed by atoms with Crippen LogP contribution < -0.4 is 38.5 Å². The highest BCUT2D eigenvalue weighted by Crippen LogP contribution is 2.19. The van der Waals surface area contributed by atoms with Gasteiger partial charge in [0.15, 0.2) is 0 Å². The van der Waals surface area contributed by atoms with E-state index in [9.17, 15) is 28.8 Å². The summed E-state index contributed by atoms with van der Waals surface area (Å²) in [4.78, 5) is 80.6. The van der Waals surface area contributed by atoms with Crippen LogP contribution >= 0.6 is 11.8 Å². The number of carbonyl (C=O) groups is 6. The Kier molecular flexibility index (Phi) is 20.0. The number of aromatic nitrogens is 1. The van der Waals surface area contributed by atoms with Crippen LogP contribution in [0.3, 0.4) is 0 Å². The molecule has 0 spiro atoms. The van der Waals surface area contributed by atoms with Gasteiger partial charge in [-0.3, -0.25) is 28.8 Å². The molecule has 0 aliphatic rings. The molecule has 0 saturated carbocycles. The summed E-state index contributed by atoms with van der Waals surface area (Å²) >= 11 is 1.50. The van der Waals surface area contributed by atoms with Gasteiger partial charge in [0.05, 0.1) is 12.5 Å². The Labute approximate surface area is 316 Å². The summed E-state index contributed by atoms with van der Waals surface area (Å²) < 4.78 is 0. The first-order valence-corrected chi connectivity index (χ1v) is 19.7. The predicted octanol–water partition coefficient (Wildman–Crippen LogP) is 1.67. The molecule has 2 aromatic rings. The second kappa shape index (κ2) is 23.5. The molecular weight excluding hydrogens is 701 g/mol. The lowest BCUT2D eigenvalue weighted by atomic mass is 9.94. The van der Waals surface area contributed by atoms with Gasteiger partial charge < -0.3 is 48.6 Å². The van der Waals surface area contributed by atoms with Crippen molar-refractivity contribution in [3.8, 4) is 0 Å². The largest absolute Gasteiger partial charge is 0.481 e. The molecule has 0 aliphatic carbocycles. The second-order valence-electron chi connectivity index (χ2n) is 13.7. The number of thioether (sulfide) groups is 1. The lowest BCUT2D eigenvalue weighted by Crippen LogP contribution is -2.61. The molecule has 0 radical (unpaired) electrons. The van der Waals surface area contributed by atoms with Gasteiger partial charge in [-0.05, 0) is 61.4 Å². The van der Waals surface area contributed by atoms with Gasteiger partial charge in [0, 0.05) is 35.3 Å². The number of para-hydroxylation sites is 1. The average molecular weight is 761 g/mol. The van der Waals surface area contributed by atoms with Gasteiger partial charge in [0.25, 0.3) is 0 Å². The minimum atomic E-state index is -1.31. The second-order valence-corrected chi connectivity index (χ2v) is 14.9. The molecule has 0 saturated heterocycles. The number of nitrogens with one attached hydrogen (secondary N) is 5. The number of carboxylic acid groups (broad SMARTS) is 1. The highest BCUT2D eigenvalue weighted by molar-refractivity contribution is 7.99. The van der Waals surface area contributed by atoms with E-state index in [1.54, 1.807) is 6.92 Å². The van der Waals surface area contributed by atoms with Crippen molar-refractivity contribution < 1.29 is 33.9 Å². The fourth-order valence-corrected chi connectivity index (χ4v) is 6.84. The molecule has 0 fully saturated rings. The van der Waals surface area contributed by atoms with Crippen molar-refractivity contribution in [2.45, 2.75) is 116 Å². The number of unbranched alkanes of at least 4 members (excludes halogenated alkanes) is 1. The standard InChI is InChI=1S/C37H60N8O7S/c1-5-22(3)32(36(51)43-29(19-30(40)46)35(50)42-25(12-9-10-16-38)21-53-17-11-15-31(47)48)45-37(52)33(23(4)6-2)44-34(49)27(39)18-24-20-41-28-14-8-7-13-26(24)28/h7-8,13-14,20,22-23,25,27,29,32-33,41H,5-6,9-12,15-19,21,38-39H2,1-4H3,(H2,40,46)(H,42,50)(H,43,51)(H,44,49)(H,45,52)(H,47,48)/t22-,23-,25+,27-,29-,32-,33-/m0/s1. The summed E-state index contributed by atoms with van der Waals surface area (Å²) in [6.07, 6.45) is 5.19. The summed E-state index contributed by atoms with van der Waals surface area (Å²) in [6.45, 7) is 7.80. The number of carboxylic acids is 1. The van der Waals surface area contributed by atoms with Gasteiger partial charge in [-0.2, -0.15) is 11.8 Å². The quantitative estimate of drug-likeness (QED) is 0.0627. The molecule has 296 valence electrons. The summed E-state index contributed by atoms with van der Waals surface area (Å²) in [5.41, 5.74) is 19.3. The molecular formula is C37H60N8O7S. The van der Waals surface area contributed by atoms with Crippen molar-refractivity contribution in [1.82, 2.24) is 26.3 Å². The lowest BCUT2D eigenvalue weighted by molar-refractivity contribution is -0.137. The maximum Gasteiger partial charge on any atom is 0.303 e. The Morgan fingerprint density at radius 2 is 1.47 bits per heavy atom. The fraction of sp³-hybridized carbons (Fsp3) is 0.622. The number of aromatic amines is 1. The molecule has 15 nitrogen and oxygen atoms in total. The number of carbonyl (C=O) groups excluding carboxylic acids is 5. The van der Waals surface area contributed by atoms with E-state index in [4.69, 9.17) is 22.3 Å². The number of rotatable bonds is 26. The third-order valence-electron chi connectivity index (χ3n) is 9.43. The molecule has 53 heavy (non-hydrogen) atoms. The van der Waals surface area contributed by atoms with Crippen molar-refractivity contribution in [2.24, 2.45) is 29.0 Å². The van der Waals surface area contributed by atoms with E-state index in [0.717, 1.165) is 29.3 Å². The Hall–Kier alpha value is -4.15. The van der Waals surface area contributed by atoms with Gasteiger partial charge in [-0.1, -0.05) is 65.2 Å². The molecule has 1 heterocycles. The molecule has 5 amide bonds. The summed E-state index contributed by atoms with van der Waals surface area (Å²) in [5, 5.41) is 21.0. The number of primary amides is 1. The normalized spacial score (nSPS) is 15.3. The first-order chi connectivity index (χ1) is 25.2. The maximum atomic E-state index is 13.8. The number of H-pyrrole nitrogens is 1. The van der Waals surface area contributed by atoms with Crippen LogP contribution in [0.5, 0.6) is 0 Å². The Balaban J connectivity index is 2.18. The molecule has 0 unspecified atom stereocenters. The van der Waals surface area contributed by atoms with E-state index < -0.39 is 66.1 Å². The summed E-state index contributed by atoms with van der Waals surface area (Å²) in [7, 11) is 0. The minimum absolute atomic E-state index is 0.0433. The first-order valence-electron chi connectivity index (χ1n) is 18.5. The minimum Gasteiger partial charge on any atom is -0.481 e. The maximum absolute atomic E-state index is 13.8. The number of benzene rings is 1. The molecule has 0 aliphatic heterocycles. The molecule has 16 heteroatoms. The number of hydrogen-bond donors (Lipinski definition) is 9. The van der Waals surface area contributed by atoms with E-state index in [-0.39, 0.29) is 30.7 Å². The van der Waals surface area contributed by atoms with Crippen LogP contribution in [0.15, 0.2) is 30.5 Å². The van der Waals surface area contributed by atoms with Gasteiger partial charge in [0.2, 0.25) is 29.5 Å². The van der Waals surface area contributed by atoms with Gasteiger partial charge >= 0.3 is 5.97 Å². The fourth-order valence-electron chi connectivity index (χ4n) is 5.79. The zero-order valence-corrected chi connectivity index (χ0v) is 32.3. The topological polar surface area (TPSA) is 265 Å². The average Bonchev–Trinajstić information content (AvgIpc) is 3.53. The Morgan fingerprint density at radius 1 is 0.849 bits per heavy atom. The number of amides is 5. The van der Waals surface area contributed by atoms with Crippen molar-refractivity contribution in [3.63, 3.8) is 0 Å². The number of fused-ring (bicyclic) bond motifs is 1. The molecule has 1 aromatic heterocycles.